The molecule has 0 amide bonds. The molecule has 1 aromatic rings. The molecule has 0 fully saturated rings. The van der Waals surface area contributed by atoms with Crippen LogP contribution in [-0.2, 0) is 6.54 Å². The number of rotatable bonds is 1. The third-order valence-electron chi connectivity index (χ3n) is 3.00. The maximum atomic E-state index is 10.9. The third kappa shape index (κ3) is 1.23. The zero-order chi connectivity index (χ0) is 10.3. The lowest BCUT2D eigenvalue weighted by molar-refractivity contribution is 0.0680. The van der Waals surface area contributed by atoms with E-state index in [-0.39, 0.29) is 0 Å². The number of aromatic carboxylic acids is 1. The van der Waals surface area contributed by atoms with Crippen LogP contribution in [0, 0.1) is 0 Å². The van der Waals surface area contributed by atoms with Crippen molar-refractivity contribution >= 4 is 5.97 Å². The van der Waals surface area contributed by atoms with E-state index in [1.54, 1.807) is 6.07 Å². The highest BCUT2D eigenvalue weighted by molar-refractivity contribution is 5.86. The summed E-state index contributed by atoms with van der Waals surface area (Å²) in [5.41, 5.74) is 1.50. The zero-order valence-corrected chi connectivity index (χ0v) is 8.40. The number of likely N-dealkylation sites (N-methyl/N-ethyl adjacent to an activating group) is 1. The number of aromatic nitrogens is 1. The predicted octanol–water partition coefficient (Wildman–Crippen LogP) is 1.19. The molecule has 0 radical (unpaired) electrons. The fourth-order valence-electron chi connectivity index (χ4n) is 1.96. The highest BCUT2D eigenvalue weighted by atomic mass is 16.4. The van der Waals surface area contributed by atoms with Crippen LogP contribution in [0.4, 0.5) is 0 Å². The normalized spacial score (nSPS) is 22.0. The minimum Gasteiger partial charge on any atom is -0.477 e. The van der Waals surface area contributed by atoms with Gasteiger partial charge in [0, 0.05) is 24.8 Å². The lowest BCUT2D eigenvalue weighted by Crippen LogP contribution is -2.34. The summed E-state index contributed by atoms with van der Waals surface area (Å²) in [5, 5.41) is 8.95. The molecule has 1 aromatic heterocycles. The van der Waals surface area contributed by atoms with Crippen LogP contribution in [0.25, 0.3) is 0 Å². The SMILES string of the molecule is CC1c2ccc(C(=O)O)n2CCN1C. The van der Waals surface area contributed by atoms with Crippen molar-refractivity contribution in [3.8, 4) is 0 Å². The monoisotopic (exact) mass is 194 g/mol. The van der Waals surface area contributed by atoms with E-state index in [0.717, 1.165) is 18.8 Å². The number of carboxylic acid groups (broad SMARTS) is 1. The van der Waals surface area contributed by atoms with Crippen molar-refractivity contribution in [3.63, 3.8) is 0 Å². The Morgan fingerprint density at radius 3 is 2.86 bits per heavy atom. The molecule has 1 aliphatic rings. The van der Waals surface area contributed by atoms with Gasteiger partial charge in [-0.15, -0.1) is 0 Å². The molecule has 1 atom stereocenters. The fraction of sp³-hybridized carbons (Fsp3) is 0.500. The Hall–Kier alpha value is -1.29. The quantitative estimate of drug-likeness (QED) is 0.730. The van der Waals surface area contributed by atoms with Crippen LogP contribution in [0.1, 0.15) is 29.1 Å². The molecule has 1 aliphatic heterocycles. The van der Waals surface area contributed by atoms with Gasteiger partial charge in [0.15, 0.2) is 0 Å². The Bertz CT molecular complexity index is 370. The minimum absolute atomic E-state index is 0.303. The van der Waals surface area contributed by atoms with E-state index in [9.17, 15) is 4.79 Å². The molecule has 0 bridgehead atoms. The number of hydrogen-bond acceptors (Lipinski definition) is 2. The van der Waals surface area contributed by atoms with Crippen LogP contribution in [0.15, 0.2) is 12.1 Å². The van der Waals surface area contributed by atoms with Crippen molar-refractivity contribution in [1.82, 2.24) is 9.47 Å². The van der Waals surface area contributed by atoms with Gasteiger partial charge in [0.1, 0.15) is 5.69 Å². The van der Waals surface area contributed by atoms with E-state index in [1.807, 2.05) is 10.6 Å². The molecule has 4 nitrogen and oxygen atoms in total. The van der Waals surface area contributed by atoms with Gasteiger partial charge in [-0.25, -0.2) is 4.79 Å². The lowest BCUT2D eigenvalue weighted by atomic mass is 10.2. The summed E-state index contributed by atoms with van der Waals surface area (Å²) in [5.74, 6) is -0.840. The summed E-state index contributed by atoms with van der Waals surface area (Å²) < 4.78 is 1.90. The Balaban J connectivity index is 2.45. The topological polar surface area (TPSA) is 45.5 Å². The summed E-state index contributed by atoms with van der Waals surface area (Å²) in [6, 6.07) is 3.90. The molecule has 0 aromatic carbocycles. The van der Waals surface area contributed by atoms with Crippen molar-refractivity contribution in [2.75, 3.05) is 13.6 Å². The van der Waals surface area contributed by atoms with Crippen molar-refractivity contribution in [2.24, 2.45) is 0 Å². The van der Waals surface area contributed by atoms with E-state index in [2.05, 4.69) is 18.9 Å². The maximum absolute atomic E-state index is 10.9. The Labute approximate surface area is 82.7 Å². The maximum Gasteiger partial charge on any atom is 0.352 e. The molecular formula is C10H14N2O2. The average Bonchev–Trinajstić information content (AvgIpc) is 2.55. The molecule has 1 N–H and O–H groups in total. The van der Waals surface area contributed by atoms with Gasteiger partial charge in [-0.3, -0.25) is 4.90 Å². The van der Waals surface area contributed by atoms with Gasteiger partial charge < -0.3 is 9.67 Å². The summed E-state index contributed by atoms with van der Waals surface area (Å²) in [7, 11) is 2.06. The Morgan fingerprint density at radius 1 is 1.50 bits per heavy atom. The number of hydrogen-bond donors (Lipinski definition) is 1. The molecule has 0 aliphatic carbocycles. The summed E-state index contributed by atoms with van der Waals surface area (Å²) in [6.07, 6.45) is 0. The van der Waals surface area contributed by atoms with Gasteiger partial charge in [0.25, 0.3) is 0 Å². The summed E-state index contributed by atoms with van der Waals surface area (Å²) in [4.78, 5) is 13.1. The average molecular weight is 194 g/mol. The van der Waals surface area contributed by atoms with Gasteiger partial charge in [-0.2, -0.15) is 0 Å². The molecule has 2 heterocycles. The first-order valence-electron chi connectivity index (χ1n) is 4.74. The number of nitrogens with zero attached hydrogens (tertiary/aromatic N) is 2. The smallest absolute Gasteiger partial charge is 0.352 e. The highest BCUT2D eigenvalue weighted by Crippen LogP contribution is 2.25. The highest BCUT2D eigenvalue weighted by Gasteiger charge is 2.24. The predicted molar refractivity (Wildman–Crippen MR) is 52.4 cm³/mol. The minimum atomic E-state index is -0.840. The van der Waals surface area contributed by atoms with Gasteiger partial charge in [-0.05, 0) is 26.1 Å². The van der Waals surface area contributed by atoms with Gasteiger partial charge >= 0.3 is 5.97 Å². The Kier molecular flexibility index (Phi) is 2.07. The van der Waals surface area contributed by atoms with Crippen molar-refractivity contribution in [1.29, 1.82) is 0 Å². The molecular weight excluding hydrogens is 180 g/mol. The Morgan fingerprint density at radius 2 is 2.21 bits per heavy atom. The second-order valence-electron chi connectivity index (χ2n) is 3.76. The van der Waals surface area contributed by atoms with Crippen LogP contribution < -0.4 is 0 Å². The van der Waals surface area contributed by atoms with Gasteiger partial charge in [-0.1, -0.05) is 0 Å². The zero-order valence-electron chi connectivity index (χ0n) is 8.40. The van der Waals surface area contributed by atoms with Gasteiger partial charge in [0.2, 0.25) is 0 Å². The van der Waals surface area contributed by atoms with Crippen molar-refractivity contribution in [2.45, 2.75) is 19.5 Å². The van der Waals surface area contributed by atoms with E-state index >= 15 is 0 Å². The number of carbonyl (C=O) groups is 1. The van der Waals surface area contributed by atoms with E-state index in [0.29, 0.717) is 11.7 Å². The second kappa shape index (κ2) is 3.13. The molecule has 0 saturated carbocycles. The molecule has 0 saturated heterocycles. The van der Waals surface area contributed by atoms with E-state index < -0.39 is 5.97 Å². The summed E-state index contributed by atoms with van der Waals surface area (Å²) in [6.45, 7) is 3.77. The third-order valence-corrected chi connectivity index (χ3v) is 3.00. The van der Waals surface area contributed by atoms with Crippen LogP contribution in [-0.4, -0.2) is 34.1 Å². The van der Waals surface area contributed by atoms with Crippen molar-refractivity contribution < 1.29 is 9.90 Å². The first-order chi connectivity index (χ1) is 6.61. The van der Waals surface area contributed by atoms with E-state index in [1.165, 1.54) is 0 Å². The second-order valence-corrected chi connectivity index (χ2v) is 3.76. The molecule has 76 valence electrons. The number of carboxylic acids is 1. The van der Waals surface area contributed by atoms with Crippen LogP contribution >= 0.6 is 0 Å². The van der Waals surface area contributed by atoms with Gasteiger partial charge in [0.05, 0.1) is 0 Å². The van der Waals surface area contributed by atoms with Crippen molar-refractivity contribution in [3.05, 3.63) is 23.5 Å². The molecule has 14 heavy (non-hydrogen) atoms. The molecule has 4 heteroatoms. The molecule has 2 rings (SSSR count). The number of fused-ring (bicyclic) bond motifs is 1. The molecule has 0 spiro atoms. The standard InChI is InChI=1S/C10H14N2O2/c1-7-8-3-4-9(10(13)14)12(8)6-5-11(7)2/h3-4,7H,5-6H2,1-2H3,(H,13,14). The van der Waals surface area contributed by atoms with Crippen LogP contribution in [0.3, 0.4) is 0 Å². The van der Waals surface area contributed by atoms with E-state index in [4.69, 9.17) is 5.11 Å². The first-order valence-corrected chi connectivity index (χ1v) is 4.74. The fourth-order valence-corrected chi connectivity index (χ4v) is 1.96. The molecule has 1 unspecified atom stereocenters. The first kappa shape index (κ1) is 9.27. The van der Waals surface area contributed by atoms with Crippen LogP contribution in [0.5, 0.6) is 0 Å². The lowest BCUT2D eigenvalue weighted by Gasteiger charge is -2.32. The largest absolute Gasteiger partial charge is 0.477 e. The summed E-state index contributed by atoms with van der Waals surface area (Å²) >= 11 is 0. The van der Waals surface area contributed by atoms with Crippen LogP contribution in [0.2, 0.25) is 0 Å².